The predicted molar refractivity (Wildman–Crippen MR) is 83.4 cm³/mol. The van der Waals surface area contributed by atoms with E-state index in [1.807, 2.05) is 30.3 Å². The van der Waals surface area contributed by atoms with E-state index in [1.54, 1.807) is 0 Å². The molecule has 23 heavy (non-hydrogen) atoms. The lowest BCUT2D eigenvalue weighted by molar-refractivity contribution is -0.137. The molecule has 1 nitrogen and oxygen atoms in total. The van der Waals surface area contributed by atoms with Crippen LogP contribution in [0.15, 0.2) is 60.2 Å². The first kappa shape index (κ1) is 16.6. The summed E-state index contributed by atoms with van der Waals surface area (Å²) >= 11 is 0. The number of carbonyl (C=O) groups is 1. The zero-order chi connectivity index (χ0) is 16.9. The van der Waals surface area contributed by atoms with Crippen LogP contribution in [0.5, 0.6) is 0 Å². The normalized spacial score (nSPS) is 11.6. The summed E-state index contributed by atoms with van der Waals surface area (Å²) in [5.41, 5.74) is 0.764. The van der Waals surface area contributed by atoms with Crippen LogP contribution in [0, 0.1) is 11.8 Å². The van der Waals surface area contributed by atoms with Crippen LogP contribution in [-0.4, -0.2) is 5.78 Å². The quantitative estimate of drug-likeness (QED) is 0.578. The Balaban J connectivity index is 2.30. The van der Waals surface area contributed by atoms with Crippen molar-refractivity contribution < 1.29 is 18.0 Å². The largest absolute Gasteiger partial charge is 0.416 e. The van der Waals surface area contributed by atoms with Crippen molar-refractivity contribution in [2.75, 3.05) is 0 Å². The number of benzene rings is 2. The zero-order valence-electron chi connectivity index (χ0n) is 12.3. The van der Waals surface area contributed by atoms with Crippen molar-refractivity contribution in [1.82, 2.24) is 0 Å². The van der Waals surface area contributed by atoms with E-state index in [2.05, 4.69) is 11.8 Å². The van der Waals surface area contributed by atoms with Crippen molar-refractivity contribution >= 4 is 11.9 Å². The number of halogens is 3. The number of ketones is 1. The number of hydrogen-bond acceptors (Lipinski definition) is 1. The summed E-state index contributed by atoms with van der Waals surface area (Å²) in [5, 5.41) is 0. The second-order valence-electron chi connectivity index (χ2n) is 4.85. The Bertz CT molecular complexity index is 773. The highest BCUT2D eigenvalue weighted by atomic mass is 19.4. The number of Topliss-reactive ketones (excluding diaryl/α,β-unsaturated/α-hetero) is 1. The fourth-order valence-electron chi connectivity index (χ4n) is 1.82. The van der Waals surface area contributed by atoms with Gasteiger partial charge in [0.1, 0.15) is 0 Å². The Morgan fingerprint density at radius 2 is 1.61 bits per heavy atom. The van der Waals surface area contributed by atoms with Crippen LogP contribution < -0.4 is 0 Å². The lowest BCUT2D eigenvalue weighted by Crippen LogP contribution is -2.04. The molecule has 0 aromatic heterocycles. The van der Waals surface area contributed by atoms with Crippen molar-refractivity contribution in [2.45, 2.75) is 13.1 Å². The van der Waals surface area contributed by atoms with Gasteiger partial charge in [-0.2, -0.15) is 13.2 Å². The minimum atomic E-state index is -4.38. The fraction of sp³-hybridized carbons (Fsp3) is 0.105. The molecule has 0 aliphatic heterocycles. The number of rotatable bonds is 2. The van der Waals surface area contributed by atoms with Gasteiger partial charge in [0.05, 0.1) is 11.1 Å². The van der Waals surface area contributed by atoms with Gasteiger partial charge in [0.2, 0.25) is 0 Å². The Morgan fingerprint density at radius 3 is 2.13 bits per heavy atom. The van der Waals surface area contributed by atoms with Gasteiger partial charge in [-0.25, -0.2) is 0 Å². The molecule has 2 aromatic rings. The van der Waals surface area contributed by atoms with Crippen LogP contribution in [-0.2, 0) is 11.0 Å². The van der Waals surface area contributed by atoms with E-state index >= 15 is 0 Å². The van der Waals surface area contributed by atoms with Crippen LogP contribution in [0.4, 0.5) is 13.2 Å². The van der Waals surface area contributed by atoms with Crippen LogP contribution >= 0.6 is 0 Å². The van der Waals surface area contributed by atoms with Crippen LogP contribution in [0.2, 0.25) is 0 Å². The van der Waals surface area contributed by atoms with Gasteiger partial charge in [-0.1, -0.05) is 42.2 Å². The maximum atomic E-state index is 12.5. The summed E-state index contributed by atoms with van der Waals surface area (Å²) in [7, 11) is 0. The number of carbonyl (C=O) groups excluding carboxylic acids is 1. The summed E-state index contributed by atoms with van der Waals surface area (Å²) in [6.45, 7) is 1.37. The first-order chi connectivity index (χ1) is 10.9. The molecular weight excluding hydrogens is 301 g/mol. The van der Waals surface area contributed by atoms with Crippen LogP contribution in [0.3, 0.4) is 0 Å². The molecule has 0 radical (unpaired) electrons. The summed E-state index contributed by atoms with van der Waals surface area (Å²) in [4.78, 5) is 11.6. The molecule has 0 heterocycles. The number of allylic oxidation sites excluding steroid dienone is 1. The molecule has 0 bridgehead atoms. The van der Waals surface area contributed by atoms with E-state index in [-0.39, 0.29) is 11.4 Å². The highest BCUT2D eigenvalue weighted by Gasteiger charge is 2.29. The highest BCUT2D eigenvalue weighted by molar-refractivity contribution is 6.02. The molecule has 0 aliphatic carbocycles. The number of alkyl halides is 3. The molecule has 0 spiro atoms. The predicted octanol–water partition coefficient (Wildman–Crippen LogP) is 4.73. The average Bonchev–Trinajstić information content (AvgIpc) is 2.51. The smallest absolute Gasteiger partial charge is 0.294 e. The van der Waals surface area contributed by atoms with E-state index in [0.29, 0.717) is 5.56 Å². The highest BCUT2D eigenvalue weighted by Crippen LogP contribution is 2.29. The fourth-order valence-corrected chi connectivity index (χ4v) is 1.82. The molecule has 0 fully saturated rings. The molecular formula is C19H13F3O. The van der Waals surface area contributed by atoms with Gasteiger partial charge in [-0.3, -0.25) is 4.79 Å². The Kier molecular flexibility index (Phi) is 5.02. The van der Waals surface area contributed by atoms with E-state index in [1.165, 1.54) is 25.1 Å². The van der Waals surface area contributed by atoms with Crippen molar-refractivity contribution in [3.8, 4) is 11.8 Å². The molecule has 4 heteroatoms. The van der Waals surface area contributed by atoms with E-state index in [4.69, 9.17) is 0 Å². The van der Waals surface area contributed by atoms with Gasteiger partial charge < -0.3 is 0 Å². The summed E-state index contributed by atoms with van der Waals surface area (Å²) < 4.78 is 37.6. The Morgan fingerprint density at radius 1 is 1.00 bits per heavy atom. The van der Waals surface area contributed by atoms with Gasteiger partial charge in [-0.15, -0.1) is 0 Å². The third-order valence-electron chi connectivity index (χ3n) is 3.04. The average molecular weight is 314 g/mol. The van der Waals surface area contributed by atoms with E-state index < -0.39 is 11.7 Å². The first-order valence-electron chi connectivity index (χ1n) is 6.83. The lowest BCUT2D eigenvalue weighted by Gasteiger charge is -2.06. The molecule has 0 N–H and O–H groups in total. The molecule has 0 aliphatic rings. The third-order valence-corrected chi connectivity index (χ3v) is 3.04. The topological polar surface area (TPSA) is 17.1 Å². The molecule has 0 amide bonds. The molecule has 0 unspecified atom stereocenters. The molecule has 0 atom stereocenters. The third kappa shape index (κ3) is 4.86. The maximum Gasteiger partial charge on any atom is 0.416 e. The van der Waals surface area contributed by atoms with Crippen molar-refractivity contribution in [3.63, 3.8) is 0 Å². The zero-order valence-corrected chi connectivity index (χ0v) is 12.3. The Hall–Kier alpha value is -2.80. The van der Waals surface area contributed by atoms with Crippen molar-refractivity contribution in [2.24, 2.45) is 0 Å². The van der Waals surface area contributed by atoms with Gasteiger partial charge in [0.15, 0.2) is 5.78 Å². The van der Waals surface area contributed by atoms with Crippen molar-refractivity contribution in [1.29, 1.82) is 0 Å². The van der Waals surface area contributed by atoms with Gasteiger partial charge in [0, 0.05) is 5.56 Å². The first-order valence-corrected chi connectivity index (χ1v) is 6.83. The second-order valence-corrected chi connectivity index (χ2v) is 4.85. The monoisotopic (exact) mass is 314 g/mol. The molecule has 2 aromatic carbocycles. The van der Waals surface area contributed by atoms with Crippen LogP contribution in [0.25, 0.3) is 6.08 Å². The van der Waals surface area contributed by atoms with E-state index in [0.717, 1.165) is 17.7 Å². The lowest BCUT2D eigenvalue weighted by atomic mass is 10.1. The minimum Gasteiger partial charge on any atom is -0.294 e. The Labute approximate surface area is 132 Å². The van der Waals surface area contributed by atoms with E-state index in [9.17, 15) is 18.0 Å². The van der Waals surface area contributed by atoms with Gasteiger partial charge >= 0.3 is 6.18 Å². The molecule has 0 saturated heterocycles. The molecule has 2 rings (SSSR count). The molecule has 0 saturated carbocycles. The standard InChI is InChI=1S/C19H13F3O/c1-14(23)17(10-7-15-5-3-2-4-6-15)13-16-8-11-18(12-9-16)19(20,21)22/h2-6,8-9,11-13H,1H3. The molecule has 116 valence electrons. The van der Waals surface area contributed by atoms with Crippen LogP contribution in [0.1, 0.15) is 23.6 Å². The second kappa shape index (κ2) is 6.97. The van der Waals surface area contributed by atoms with Crippen molar-refractivity contribution in [3.05, 3.63) is 76.9 Å². The SMILES string of the molecule is CC(=O)C(C#Cc1ccccc1)=Cc1ccc(C(F)(F)F)cc1. The number of hydrogen-bond donors (Lipinski definition) is 0. The van der Waals surface area contributed by atoms with Gasteiger partial charge in [0.25, 0.3) is 0 Å². The summed E-state index contributed by atoms with van der Waals surface area (Å²) in [5.74, 6) is 5.39. The summed E-state index contributed by atoms with van der Waals surface area (Å²) in [6.07, 6.45) is -2.89. The maximum absolute atomic E-state index is 12.5. The summed E-state index contributed by atoms with van der Waals surface area (Å²) in [6, 6.07) is 13.7. The minimum absolute atomic E-state index is 0.242. The van der Waals surface area contributed by atoms with Gasteiger partial charge in [-0.05, 0) is 42.8 Å².